The molecule has 0 saturated heterocycles. The summed E-state index contributed by atoms with van der Waals surface area (Å²) in [5, 5.41) is 0. The lowest BCUT2D eigenvalue weighted by atomic mass is 9.88. The lowest BCUT2D eigenvalue weighted by molar-refractivity contribution is -0.708. The van der Waals surface area contributed by atoms with Gasteiger partial charge in [0, 0.05) is 37.1 Å². The summed E-state index contributed by atoms with van der Waals surface area (Å²) in [6, 6.07) is 10.1. The van der Waals surface area contributed by atoms with Gasteiger partial charge >= 0.3 is 0 Å². The number of pyridine rings is 2. The van der Waals surface area contributed by atoms with E-state index in [-0.39, 0.29) is 0 Å². The van der Waals surface area contributed by atoms with Crippen molar-refractivity contribution >= 4 is 0 Å². The van der Waals surface area contributed by atoms with Gasteiger partial charge < -0.3 is 0 Å². The van der Waals surface area contributed by atoms with Gasteiger partial charge in [0.25, 0.3) is 0 Å². The van der Waals surface area contributed by atoms with Gasteiger partial charge in [0.05, 0.1) is 0 Å². The third kappa shape index (κ3) is 56.6. The molecule has 2 heteroatoms. The standard InChI is InChI=1S/C88H166N2/c1-5-9-13-17-21-25-29-33-37-41-45-49-53-57-61-65-71-85(72-66-62-58-54-50-46-42-38-34-30-26-22-18-14-10-6-2)87-75-81-89(82-76-87)79-69-70-80-90-83-77-88(78-84-90)86(73-67-63-59-55-51-47-43-39-35-31-27-23-19-15-11-7-3)74-68-64-60-56-52-48-44-40-36-32-28-24-20-16-12-8-4/h75-78,81-86H,5-74,79-80H2,1-4H3/q+2. The molecule has 0 atom stereocenters. The van der Waals surface area contributed by atoms with Crippen LogP contribution in [0.5, 0.6) is 0 Å². The number of rotatable bonds is 75. The Balaban J connectivity index is 1.80. The molecule has 90 heavy (non-hydrogen) atoms. The summed E-state index contributed by atoms with van der Waals surface area (Å²) in [5.74, 6) is 1.47. The zero-order chi connectivity index (χ0) is 64.0. The van der Waals surface area contributed by atoms with Gasteiger partial charge in [0.2, 0.25) is 0 Å². The average Bonchev–Trinajstić information content (AvgIpc) is 3.63. The summed E-state index contributed by atoms with van der Waals surface area (Å²) >= 11 is 0. The van der Waals surface area contributed by atoms with E-state index in [1.165, 1.54) is 449 Å². The quantitative estimate of drug-likeness (QED) is 0.0461. The molecule has 0 unspecified atom stereocenters. The zero-order valence-electron chi connectivity index (χ0n) is 62.6. The summed E-state index contributed by atoms with van der Waals surface area (Å²) in [7, 11) is 0. The number of aryl methyl sites for hydroxylation is 2. The minimum Gasteiger partial charge on any atom is -0.205 e. The number of unbranched alkanes of at least 4 members (excludes halogenated alkanes) is 61. The Morgan fingerprint density at radius 2 is 0.311 bits per heavy atom. The van der Waals surface area contributed by atoms with Crippen LogP contribution in [0.1, 0.15) is 500 Å². The van der Waals surface area contributed by atoms with E-state index in [0.717, 1.165) is 24.9 Å². The highest BCUT2D eigenvalue weighted by Gasteiger charge is 2.16. The van der Waals surface area contributed by atoms with E-state index in [2.05, 4.69) is 85.9 Å². The Kier molecular flexibility index (Phi) is 65.7. The predicted molar refractivity (Wildman–Crippen MR) is 405 cm³/mol. The molecule has 0 spiro atoms. The molecule has 2 aromatic heterocycles. The Bertz CT molecular complexity index is 1440. The van der Waals surface area contributed by atoms with Crippen LogP contribution in [0.15, 0.2) is 49.1 Å². The highest BCUT2D eigenvalue weighted by Crippen LogP contribution is 2.31. The van der Waals surface area contributed by atoms with Crippen LogP contribution in [0.3, 0.4) is 0 Å². The van der Waals surface area contributed by atoms with Crippen LogP contribution in [0, 0.1) is 0 Å². The number of nitrogens with zero attached hydrogens (tertiary/aromatic N) is 2. The normalized spacial score (nSPS) is 11.8. The molecule has 526 valence electrons. The first kappa shape index (κ1) is 84.4. The van der Waals surface area contributed by atoms with E-state index in [1.807, 2.05) is 0 Å². The third-order valence-corrected chi connectivity index (χ3v) is 21.5. The monoisotopic (exact) mass is 1250 g/mol. The van der Waals surface area contributed by atoms with Crippen molar-refractivity contribution in [3.8, 4) is 0 Å². The molecular weight excluding hydrogens is 1080 g/mol. The molecule has 0 aliphatic rings. The van der Waals surface area contributed by atoms with Crippen molar-refractivity contribution in [2.75, 3.05) is 0 Å². The number of hydrogen-bond acceptors (Lipinski definition) is 0. The first-order valence-electron chi connectivity index (χ1n) is 42.7. The summed E-state index contributed by atoms with van der Waals surface area (Å²) < 4.78 is 4.97. The molecule has 2 aromatic rings. The molecular formula is C88H166N2+2. The van der Waals surface area contributed by atoms with Gasteiger partial charge in [-0.15, -0.1) is 0 Å². The highest BCUT2D eigenvalue weighted by atomic mass is 14.9. The zero-order valence-corrected chi connectivity index (χ0v) is 62.6. The first-order valence-corrected chi connectivity index (χ1v) is 42.7. The van der Waals surface area contributed by atoms with Crippen molar-refractivity contribution in [2.45, 2.75) is 502 Å². The van der Waals surface area contributed by atoms with Gasteiger partial charge in [-0.25, -0.2) is 9.13 Å². The number of hydrogen-bond donors (Lipinski definition) is 0. The van der Waals surface area contributed by atoms with Gasteiger partial charge in [0.15, 0.2) is 24.8 Å². The van der Waals surface area contributed by atoms with Crippen LogP contribution in [-0.2, 0) is 13.1 Å². The van der Waals surface area contributed by atoms with Gasteiger partial charge in [0.1, 0.15) is 13.1 Å². The SMILES string of the molecule is CCCCCCCCCCCCCCCCCCC(CCCCCCCCCCCCCCCCCC)c1cc[n+](CCCC[n+]2ccc(C(CCCCCCCCCCCCCCCCCC)CCCCCCCCCCCCCCCCCC)cc2)cc1. The summed E-state index contributed by atoms with van der Waals surface area (Å²) in [6.07, 6.45) is 111. The molecule has 0 N–H and O–H groups in total. The summed E-state index contributed by atoms with van der Waals surface area (Å²) in [6.45, 7) is 11.6. The van der Waals surface area contributed by atoms with Crippen molar-refractivity contribution in [3.05, 3.63) is 60.2 Å². The Hall–Kier alpha value is -1.70. The van der Waals surface area contributed by atoms with Crippen molar-refractivity contribution < 1.29 is 9.13 Å². The second kappa shape index (κ2) is 70.1. The van der Waals surface area contributed by atoms with Crippen molar-refractivity contribution in [1.82, 2.24) is 0 Å². The third-order valence-electron chi connectivity index (χ3n) is 21.5. The van der Waals surface area contributed by atoms with Crippen LogP contribution < -0.4 is 9.13 Å². The molecule has 0 bridgehead atoms. The van der Waals surface area contributed by atoms with Gasteiger partial charge in [-0.2, -0.15) is 0 Å². The lowest BCUT2D eigenvalue weighted by Crippen LogP contribution is -2.35. The van der Waals surface area contributed by atoms with Crippen LogP contribution in [0.4, 0.5) is 0 Å². The smallest absolute Gasteiger partial charge is 0.169 e. The van der Waals surface area contributed by atoms with Crippen LogP contribution in [-0.4, -0.2) is 0 Å². The fourth-order valence-electron chi connectivity index (χ4n) is 15.1. The van der Waals surface area contributed by atoms with E-state index in [4.69, 9.17) is 0 Å². The van der Waals surface area contributed by atoms with E-state index in [0.29, 0.717) is 0 Å². The van der Waals surface area contributed by atoms with Crippen molar-refractivity contribution in [1.29, 1.82) is 0 Å². The maximum absolute atomic E-state index is 2.52. The van der Waals surface area contributed by atoms with Crippen LogP contribution in [0.2, 0.25) is 0 Å². The maximum Gasteiger partial charge on any atom is 0.169 e. The van der Waals surface area contributed by atoms with Gasteiger partial charge in [-0.1, -0.05) is 439 Å². The van der Waals surface area contributed by atoms with Gasteiger partial charge in [-0.3, -0.25) is 0 Å². The van der Waals surface area contributed by atoms with Crippen LogP contribution >= 0.6 is 0 Å². The average molecular weight is 1250 g/mol. The summed E-state index contributed by atoms with van der Waals surface area (Å²) in [5.41, 5.74) is 3.23. The fraction of sp³-hybridized carbons (Fsp3) is 0.886. The summed E-state index contributed by atoms with van der Waals surface area (Å²) in [4.78, 5) is 0. The molecule has 2 nitrogen and oxygen atoms in total. The maximum atomic E-state index is 2.52. The second-order valence-corrected chi connectivity index (χ2v) is 30.2. The van der Waals surface area contributed by atoms with Crippen molar-refractivity contribution in [2.24, 2.45) is 0 Å². The van der Waals surface area contributed by atoms with E-state index >= 15 is 0 Å². The van der Waals surface area contributed by atoms with Gasteiger partial charge in [-0.05, 0) is 48.6 Å². The molecule has 0 fully saturated rings. The number of aromatic nitrogens is 2. The molecule has 2 rings (SSSR count). The lowest BCUT2D eigenvalue weighted by Gasteiger charge is -2.17. The molecule has 0 amide bonds. The Morgan fingerprint density at radius 3 is 0.456 bits per heavy atom. The largest absolute Gasteiger partial charge is 0.205 e. The topological polar surface area (TPSA) is 7.76 Å². The van der Waals surface area contributed by atoms with E-state index in [9.17, 15) is 0 Å². The van der Waals surface area contributed by atoms with E-state index < -0.39 is 0 Å². The predicted octanol–water partition coefficient (Wildman–Crippen LogP) is 30.5. The Labute approximate surface area is 568 Å². The van der Waals surface area contributed by atoms with Crippen molar-refractivity contribution in [3.63, 3.8) is 0 Å². The minimum atomic E-state index is 0.736. The minimum absolute atomic E-state index is 0.736. The molecule has 0 radical (unpaired) electrons. The molecule has 2 heterocycles. The van der Waals surface area contributed by atoms with Crippen LogP contribution in [0.25, 0.3) is 0 Å². The van der Waals surface area contributed by atoms with E-state index in [1.54, 1.807) is 11.1 Å². The Morgan fingerprint density at radius 1 is 0.178 bits per heavy atom. The molecule has 0 aliphatic heterocycles. The highest BCUT2D eigenvalue weighted by molar-refractivity contribution is 5.14. The first-order chi connectivity index (χ1) is 44.7. The molecule has 0 aromatic carbocycles. The fourth-order valence-corrected chi connectivity index (χ4v) is 15.1. The molecule has 0 aliphatic carbocycles. The second-order valence-electron chi connectivity index (χ2n) is 30.2. The molecule has 0 saturated carbocycles.